The first-order chi connectivity index (χ1) is 22.8. The monoisotopic (exact) mass is 738 g/mol. The second kappa shape index (κ2) is 20.7. The second-order valence-electron chi connectivity index (χ2n) is 11.3. The molecule has 0 unspecified atom stereocenters. The van der Waals surface area contributed by atoms with E-state index in [9.17, 15) is 36.2 Å². The summed E-state index contributed by atoms with van der Waals surface area (Å²) in [4.78, 5) is -0.546. The van der Waals surface area contributed by atoms with Gasteiger partial charge in [0, 0.05) is 6.07 Å². The SMILES string of the molecule is CCCCCCc1cc(Oc2ccccc2O)cc(S(=O)(=O)O)c1.CCCCCCc1cc(Oc2ccccc2[O-])cc(S(=O)(=O)[O-])c1.[Ca+2]. The number of benzene rings is 4. The molecule has 0 bridgehead atoms. The molecule has 2 N–H and O–H groups in total. The minimum atomic E-state index is -4.59. The van der Waals surface area contributed by atoms with Crippen LogP contribution in [0.3, 0.4) is 0 Å². The number of ether oxygens (including phenoxy) is 2. The third-order valence-corrected chi connectivity index (χ3v) is 8.92. The Morgan fingerprint density at radius 1 is 0.633 bits per heavy atom. The first kappa shape index (κ1) is 42.3. The van der Waals surface area contributed by atoms with Crippen LogP contribution in [0.25, 0.3) is 0 Å². The van der Waals surface area contributed by atoms with Crippen LogP contribution in [0.2, 0.25) is 0 Å². The number of rotatable bonds is 16. The van der Waals surface area contributed by atoms with E-state index in [0.717, 1.165) is 63.0 Å². The fraction of sp³-hybridized carbons (Fsp3) is 0.333. The molecule has 260 valence electrons. The maximum atomic E-state index is 11.7. The Kier molecular flexibility index (Phi) is 17.9. The van der Waals surface area contributed by atoms with Crippen molar-refractivity contribution in [1.29, 1.82) is 0 Å². The van der Waals surface area contributed by atoms with Crippen LogP contribution >= 0.6 is 0 Å². The Balaban J connectivity index is 0.000000333. The standard InChI is InChI=1S/2C18H22O5S.Ca/c2*1-2-3-4-5-8-14-11-15(13-16(12-14)24(20,21)22)23-18-10-7-6-9-17(18)19;/h2*6-7,9-13,19H,2-5,8H2,1H3,(H,20,21,22);/q;;+2/p-2. The number of phenols is 1. The van der Waals surface area contributed by atoms with E-state index in [1.54, 1.807) is 42.5 Å². The van der Waals surface area contributed by atoms with E-state index in [-0.39, 0.29) is 82.0 Å². The number of aromatic hydroxyl groups is 1. The molecule has 4 aromatic rings. The van der Waals surface area contributed by atoms with Crippen LogP contribution in [0.15, 0.2) is 94.7 Å². The molecule has 0 fully saturated rings. The average molecular weight is 739 g/mol. The third kappa shape index (κ3) is 14.9. The van der Waals surface area contributed by atoms with Gasteiger partial charge in [0.15, 0.2) is 11.5 Å². The van der Waals surface area contributed by atoms with Gasteiger partial charge in [-0.05, 0) is 85.3 Å². The maximum Gasteiger partial charge on any atom is 2.00 e. The number of phenolic OH excluding ortho intramolecular Hbond substituents is 1. The van der Waals surface area contributed by atoms with E-state index in [1.807, 2.05) is 0 Å². The van der Waals surface area contributed by atoms with E-state index >= 15 is 0 Å². The van der Waals surface area contributed by atoms with Crippen LogP contribution in [0.1, 0.15) is 76.3 Å². The smallest absolute Gasteiger partial charge is 0.870 e. The molecule has 0 spiro atoms. The Morgan fingerprint density at radius 3 is 1.59 bits per heavy atom. The first-order valence-corrected chi connectivity index (χ1v) is 18.8. The molecule has 4 rings (SSSR count). The van der Waals surface area contributed by atoms with Crippen molar-refractivity contribution < 1.29 is 45.6 Å². The van der Waals surface area contributed by atoms with E-state index in [4.69, 9.17) is 9.47 Å². The topological polar surface area (TPSA) is 173 Å². The van der Waals surface area contributed by atoms with E-state index < -0.39 is 20.2 Å². The summed E-state index contributed by atoms with van der Waals surface area (Å²) in [6.07, 6.45) is 9.71. The van der Waals surface area contributed by atoms with Crippen molar-refractivity contribution in [2.75, 3.05) is 0 Å². The Hall–Kier alpha value is -2.84. The second-order valence-corrected chi connectivity index (χ2v) is 14.1. The summed E-state index contributed by atoms with van der Waals surface area (Å²) >= 11 is 0. The molecule has 13 heteroatoms. The molecule has 0 saturated heterocycles. The van der Waals surface area contributed by atoms with Crippen LogP contribution in [0, 0.1) is 0 Å². The van der Waals surface area contributed by atoms with Crippen molar-refractivity contribution in [2.45, 2.75) is 87.8 Å². The van der Waals surface area contributed by atoms with Crippen molar-refractivity contribution in [3.05, 3.63) is 96.1 Å². The van der Waals surface area contributed by atoms with Crippen LogP contribution in [-0.2, 0) is 33.1 Å². The molecule has 4 aromatic carbocycles. The molecule has 0 heterocycles. The predicted molar refractivity (Wildman–Crippen MR) is 186 cm³/mol. The predicted octanol–water partition coefficient (Wildman–Crippen LogP) is 7.75. The molecule has 0 atom stereocenters. The van der Waals surface area contributed by atoms with Gasteiger partial charge in [-0.1, -0.05) is 88.5 Å². The molecule has 0 amide bonds. The van der Waals surface area contributed by atoms with E-state index in [0.29, 0.717) is 18.4 Å². The molecule has 49 heavy (non-hydrogen) atoms. The quantitative estimate of drug-likeness (QED) is 0.0657. The number of hydrogen-bond donors (Lipinski definition) is 2. The maximum absolute atomic E-state index is 11.7. The van der Waals surface area contributed by atoms with Gasteiger partial charge in [0.25, 0.3) is 10.1 Å². The van der Waals surface area contributed by atoms with Gasteiger partial charge in [-0.2, -0.15) is 8.42 Å². The van der Waals surface area contributed by atoms with E-state index in [2.05, 4.69) is 13.8 Å². The molecule has 0 aliphatic heterocycles. The molecule has 0 aromatic heterocycles. The normalized spacial score (nSPS) is 11.2. The summed E-state index contributed by atoms with van der Waals surface area (Å²) in [5.74, 6) is 0.409. The number of hydrogen-bond acceptors (Lipinski definition) is 9. The average Bonchev–Trinajstić information content (AvgIpc) is 3.03. The summed E-state index contributed by atoms with van der Waals surface area (Å²) in [6, 6.07) is 21.2. The number of unbranched alkanes of at least 4 members (excludes halogenated alkanes) is 6. The largest absolute Gasteiger partial charge is 2.00 e. The Morgan fingerprint density at radius 2 is 1.10 bits per heavy atom. The summed E-state index contributed by atoms with van der Waals surface area (Å²) in [5.41, 5.74) is 1.48. The van der Waals surface area contributed by atoms with Gasteiger partial charge in [-0.25, -0.2) is 8.42 Å². The van der Waals surface area contributed by atoms with Gasteiger partial charge >= 0.3 is 37.7 Å². The molecular formula is C36H42CaO10S2. The van der Waals surface area contributed by atoms with Crippen molar-refractivity contribution in [3.63, 3.8) is 0 Å². The van der Waals surface area contributed by atoms with Gasteiger partial charge in [0.1, 0.15) is 27.4 Å². The number of para-hydroxylation sites is 4. The van der Waals surface area contributed by atoms with Gasteiger partial charge in [0.05, 0.1) is 9.79 Å². The van der Waals surface area contributed by atoms with Crippen molar-refractivity contribution in [1.82, 2.24) is 0 Å². The van der Waals surface area contributed by atoms with E-state index in [1.165, 1.54) is 36.4 Å². The van der Waals surface area contributed by atoms with Crippen LogP contribution in [-0.4, -0.2) is 68.8 Å². The van der Waals surface area contributed by atoms with Gasteiger partial charge < -0.3 is 24.2 Å². The van der Waals surface area contributed by atoms with Crippen molar-refractivity contribution >= 4 is 58.0 Å². The van der Waals surface area contributed by atoms with Gasteiger partial charge in [0.2, 0.25) is 0 Å². The van der Waals surface area contributed by atoms with Crippen LogP contribution in [0.5, 0.6) is 34.5 Å². The van der Waals surface area contributed by atoms with Crippen LogP contribution < -0.4 is 14.6 Å². The molecular weight excluding hydrogens is 697 g/mol. The third-order valence-electron chi connectivity index (χ3n) is 7.27. The molecule has 0 saturated carbocycles. The van der Waals surface area contributed by atoms with Gasteiger partial charge in [-0.15, -0.1) is 0 Å². The van der Waals surface area contributed by atoms with Gasteiger partial charge in [-0.3, -0.25) is 4.55 Å². The molecule has 0 radical (unpaired) electrons. The minimum Gasteiger partial charge on any atom is -0.870 e. The molecule has 0 aliphatic carbocycles. The molecule has 0 aliphatic rings. The Bertz CT molecular complexity index is 1710. The van der Waals surface area contributed by atoms with Crippen molar-refractivity contribution in [2.24, 2.45) is 0 Å². The zero-order chi connectivity index (χ0) is 35.2. The minimum absolute atomic E-state index is 0. The fourth-order valence-corrected chi connectivity index (χ4v) is 5.93. The number of aryl methyl sites for hydroxylation is 2. The zero-order valence-electron chi connectivity index (χ0n) is 27.8. The summed E-state index contributed by atoms with van der Waals surface area (Å²) < 4.78 is 77.5. The summed E-state index contributed by atoms with van der Waals surface area (Å²) in [7, 11) is -8.92. The Labute approximate surface area is 319 Å². The summed E-state index contributed by atoms with van der Waals surface area (Å²) in [5, 5.41) is 21.5. The summed E-state index contributed by atoms with van der Waals surface area (Å²) in [6.45, 7) is 4.23. The van der Waals surface area contributed by atoms with Crippen LogP contribution in [0.4, 0.5) is 0 Å². The van der Waals surface area contributed by atoms with Crippen molar-refractivity contribution in [3.8, 4) is 34.5 Å². The molecule has 10 nitrogen and oxygen atoms in total. The zero-order valence-corrected chi connectivity index (χ0v) is 31.7. The fourth-order valence-electron chi connectivity index (χ4n) is 4.80. The first-order valence-electron chi connectivity index (χ1n) is 15.9.